The van der Waals surface area contributed by atoms with Gasteiger partial charge in [-0.3, -0.25) is 9.59 Å². The van der Waals surface area contributed by atoms with Gasteiger partial charge in [0.1, 0.15) is 11.9 Å². The number of hydrogen-bond donors (Lipinski definition) is 2. The monoisotopic (exact) mass is 541 g/mol. The molecule has 0 aliphatic rings. The zero-order valence-corrected chi connectivity index (χ0v) is 19.9. The molecule has 2 N–H and O–H groups in total. The fraction of sp³-hybridized carbons (Fsp3) is 0.318. The number of amides is 2. The summed E-state index contributed by atoms with van der Waals surface area (Å²) < 4.78 is 25.6. The average Bonchev–Trinajstić information content (AvgIpc) is 2.73. The molecule has 0 fully saturated rings. The van der Waals surface area contributed by atoms with Crippen molar-refractivity contribution in [1.29, 1.82) is 0 Å². The third-order valence-corrected chi connectivity index (χ3v) is 5.08. The minimum absolute atomic E-state index is 0.125. The summed E-state index contributed by atoms with van der Waals surface area (Å²) in [4.78, 5) is 25.0. The summed E-state index contributed by atoms with van der Waals surface area (Å²) in [6.07, 6.45) is 1.47. The molecule has 0 aromatic heterocycles. The quantitative estimate of drug-likeness (QED) is 0.288. The average molecular weight is 541 g/mol. The van der Waals surface area contributed by atoms with Gasteiger partial charge in [0.2, 0.25) is 0 Å². The van der Waals surface area contributed by atoms with Crippen molar-refractivity contribution in [2.24, 2.45) is 11.0 Å². The van der Waals surface area contributed by atoms with Gasteiger partial charge >= 0.3 is 0 Å². The number of rotatable bonds is 9. The van der Waals surface area contributed by atoms with Crippen molar-refractivity contribution < 1.29 is 23.5 Å². The summed E-state index contributed by atoms with van der Waals surface area (Å²) >= 11 is 2.13. The third kappa shape index (κ3) is 6.65. The minimum atomic E-state index is -0.890. The van der Waals surface area contributed by atoms with Gasteiger partial charge in [-0.15, -0.1) is 0 Å². The smallest absolute Gasteiger partial charge is 0.262 e. The lowest BCUT2D eigenvalue weighted by Crippen LogP contribution is -2.48. The molecule has 0 aliphatic carbocycles. The maximum atomic E-state index is 13.8. The van der Waals surface area contributed by atoms with Gasteiger partial charge in [0.05, 0.1) is 29.1 Å². The van der Waals surface area contributed by atoms with Crippen LogP contribution in [0.5, 0.6) is 11.5 Å². The fourth-order valence-corrected chi connectivity index (χ4v) is 3.52. The molecule has 9 heteroatoms. The van der Waals surface area contributed by atoms with Gasteiger partial charge in [-0.05, 0) is 65.3 Å². The van der Waals surface area contributed by atoms with Crippen LogP contribution in [-0.4, -0.2) is 37.8 Å². The molecule has 0 spiro atoms. The summed E-state index contributed by atoms with van der Waals surface area (Å²) in [6, 6.07) is 8.28. The van der Waals surface area contributed by atoms with E-state index in [-0.39, 0.29) is 11.5 Å². The second-order valence-corrected chi connectivity index (χ2v) is 8.04. The Bertz CT molecular complexity index is 966. The number of hydrazone groups is 1. The van der Waals surface area contributed by atoms with Gasteiger partial charge in [-0.1, -0.05) is 26.0 Å². The number of benzene rings is 2. The first kappa shape index (κ1) is 24.6. The predicted molar refractivity (Wildman–Crippen MR) is 125 cm³/mol. The standard InChI is InChI=1S/C22H25FIN3O4/c1-5-31-20-17(24)10-14(11-18(20)30-4)12-25-27-22(29)19(13(2)3)26-21(28)15-8-6-7-9-16(15)23/h6-13,19H,5H2,1-4H3,(H,26,28)(H,27,29). The maximum Gasteiger partial charge on any atom is 0.262 e. The maximum absolute atomic E-state index is 13.8. The van der Waals surface area contributed by atoms with E-state index in [4.69, 9.17) is 9.47 Å². The second kappa shape index (κ2) is 11.6. The Labute approximate surface area is 194 Å². The van der Waals surface area contributed by atoms with Crippen LogP contribution in [0.15, 0.2) is 41.5 Å². The lowest BCUT2D eigenvalue weighted by atomic mass is 10.0. The van der Waals surface area contributed by atoms with Gasteiger partial charge in [-0.25, -0.2) is 9.82 Å². The molecule has 0 aliphatic heterocycles. The number of hydrogen-bond acceptors (Lipinski definition) is 5. The number of halogens is 2. The van der Waals surface area contributed by atoms with Crippen LogP contribution >= 0.6 is 22.6 Å². The van der Waals surface area contributed by atoms with Crippen LogP contribution in [0.2, 0.25) is 0 Å². The number of carbonyl (C=O) groups is 2. The van der Waals surface area contributed by atoms with E-state index in [9.17, 15) is 14.0 Å². The number of nitrogens with one attached hydrogen (secondary N) is 2. The summed E-state index contributed by atoms with van der Waals surface area (Å²) in [5, 5.41) is 6.55. The van der Waals surface area contributed by atoms with Crippen molar-refractivity contribution in [3.8, 4) is 11.5 Å². The SMILES string of the molecule is CCOc1c(I)cc(C=NNC(=O)C(NC(=O)c2ccccc2F)C(C)C)cc1OC. The van der Waals surface area contributed by atoms with E-state index >= 15 is 0 Å². The molecule has 0 saturated heterocycles. The molecule has 0 radical (unpaired) electrons. The van der Waals surface area contributed by atoms with E-state index < -0.39 is 23.7 Å². The zero-order chi connectivity index (χ0) is 23.0. The molecular weight excluding hydrogens is 516 g/mol. The molecule has 1 atom stereocenters. The Hall–Kier alpha value is -2.69. The Balaban J connectivity index is 2.10. The van der Waals surface area contributed by atoms with Gasteiger partial charge in [0.25, 0.3) is 11.8 Å². The molecule has 31 heavy (non-hydrogen) atoms. The first-order valence-corrected chi connectivity index (χ1v) is 10.7. The molecule has 1 unspecified atom stereocenters. The van der Waals surface area contributed by atoms with Crippen LogP contribution in [-0.2, 0) is 4.79 Å². The van der Waals surface area contributed by atoms with Crippen molar-refractivity contribution in [1.82, 2.24) is 10.7 Å². The number of nitrogens with zero attached hydrogens (tertiary/aromatic N) is 1. The van der Waals surface area contributed by atoms with Crippen LogP contribution in [0.4, 0.5) is 4.39 Å². The van der Waals surface area contributed by atoms with Gasteiger partial charge in [0.15, 0.2) is 11.5 Å². The fourth-order valence-electron chi connectivity index (χ4n) is 2.74. The molecule has 2 amide bonds. The molecule has 166 valence electrons. The molecule has 0 heterocycles. The summed E-state index contributed by atoms with van der Waals surface area (Å²) in [6.45, 7) is 5.94. The van der Waals surface area contributed by atoms with E-state index in [1.54, 1.807) is 33.1 Å². The number of methoxy groups -OCH3 is 1. The number of carbonyl (C=O) groups excluding carboxylic acids is 2. The molecular formula is C22H25FIN3O4. The first-order chi connectivity index (χ1) is 14.8. The Morgan fingerprint density at radius 3 is 2.58 bits per heavy atom. The lowest BCUT2D eigenvalue weighted by molar-refractivity contribution is -0.123. The summed E-state index contributed by atoms with van der Waals surface area (Å²) in [5.74, 6) is -0.871. The molecule has 0 saturated carbocycles. The largest absolute Gasteiger partial charge is 0.493 e. The number of ether oxygens (including phenoxy) is 2. The highest BCUT2D eigenvalue weighted by Crippen LogP contribution is 2.33. The Kier molecular flexibility index (Phi) is 9.22. The van der Waals surface area contributed by atoms with E-state index in [2.05, 4.69) is 38.4 Å². The van der Waals surface area contributed by atoms with Crippen molar-refractivity contribution in [2.45, 2.75) is 26.8 Å². The Morgan fingerprint density at radius 1 is 1.26 bits per heavy atom. The van der Waals surface area contributed by atoms with E-state index in [0.717, 1.165) is 3.57 Å². The normalized spacial score (nSPS) is 12.0. The van der Waals surface area contributed by atoms with E-state index in [0.29, 0.717) is 23.7 Å². The van der Waals surface area contributed by atoms with Crippen molar-refractivity contribution in [2.75, 3.05) is 13.7 Å². The second-order valence-electron chi connectivity index (χ2n) is 6.88. The zero-order valence-electron chi connectivity index (χ0n) is 17.7. The summed E-state index contributed by atoms with van der Waals surface area (Å²) in [7, 11) is 1.54. The highest BCUT2D eigenvalue weighted by molar-refractivity contribution is 14.1. The van der Waals surface area contributed by atoms with Gasteiger partial charge < -0.3 is 14.8 Å². The summed E-state index contributed by atoms with van der Waals surface area (Å²) in [5.41, 5.74) is 3.00. The highest BCUT2D eigenvalue weighted by atomic mass is 127. The van der Waals surface area contributed by atoms with Crippen molar-refractivity contribution in [3.63, 3.8) is 0 Å². The van der Waals surface area contributed by atoms with Crippen LogP contribution < -0.4 is 20.2 Å². The van der Waals surface area contributed by atoms with Crippen LogP contribution in [0.3, 0.4) is 0 Å². The van der Waals surface area contributed by atoms with Crippen molar-refractivity contribution >= 4 is 40.6 Å². The van der Waals surface area contributed by atoms with Gasteiger partial charge in [-0.2, -0.15) is 5.10 Å². The van der Waals surface area contributed by atoms with E-state index in [1.807, 2.05) is 13.0 Å². The van der Waals surface area contributed by atoms with Gasteiger partial charge in [0, 0.05) is 0 Å². The highest BCUT2D eigenvalue weighted by Gasteiger charge is 2.25. The molecule has 2 aromatic rings. The van der Waals surface area contributed by atoms with Crippen LogP contribution in [0.25, 0.3) is 0 Å². The lowest BCUT2D eigenvalue weighted by Gasteiger charge is -2.20. The topological polar surface area (TPSA) is 89.0 Å². The molecule has 0 bridgehead atoms. The Morgan fingerprint density at radius 2 is 1.97 bits per heavy atom. The molecule has 2 aromatic carbocycles. The van der Waals surface area contributed by atoms with E-state index in [1.165, 1.54) is 24.4 Å². The first-order valence-electron chi connectivity index (χ1n) is 9.67. The van der Waals surface area contributed by atoms with Crippen molar-refractivity contribution in [3.05, 3.63) is 56.9 Å². The third-order valence-electron chi connectivity index (χ3n) is 4.28. The van der Waals surface area contributed by atoms with Crippen LogP contribution in [0.1, 0.15) is 36.7 Å². The minimum Gasteiger partial charge on any atom is -0.493 e. The molecule has 2 rings (SSSR count). The molecule has 7 nitrogen and oxygen atoms in total. The predicted octanol–water partition coefficient (Wildman–Crippen LogP) is 3.74. The van der Waals surface area contributed by atoms with Crippen LogP contribution in [0, 0.1) is 15.3 Å².